The van der Waals surface area contributed by atoms with Gasteiger partial charge >= 0.3 is 0 Å². The van der Waals surface area contributed by atoms with Crippen LogP contribution in [0.25, 0.3) is 91.4 Å². The number of rotatable bonds is 2. The van der Waals surface area contributed by atoms with Gasteiger partial charge in [-0.25, -0.2) is 4.99 Å². The number of hydrogen-bond acceptors (Lipinski definition) is 4. The van der Waals surface area contributed by atoms with Crippen molar-refractivity contribution in [3.63, 3.8) is 0 Å². The smallest absolute Gasteiger partial charge is 0.141 e. The van der Waals surface area contributed by atoms with Gasteiger partial charge in [0.25, 0.3) is 0 Å². The summed E-state index contributed by atoms with van der Waals surface area (Å²) in [7, 11) is 0. The molecule has 1 unspecified atom stereocenters. The van der Waals surface area contributed by atoms with Crippen LogP contribution < -0.4 is 5.32 Å². The van der Waals surface area contributed by atoms with Crippen LogP contribution in [0.4, 0.5) is 10.7 Å². The SMILES string of the molecule is C[C@@H]1CC=Cc2c1c1cc3ccccc3c3c1n2C1=Nc2c(sc4cc(-c5ccccc5)c(-c5ccccc5)cc24)NC1c1cc2sc4ccccc4c2cc1-3. The fourth-order valence-corrected chi connectivity index (χ4v) is 12.1. The first-order valence-corrected chi connectivity index (χ1v) is 21.1. The Balaban J connectivity index is 1.17. The van der Waals surface area contributed by atoms with Crippen LogP contribution in [0.5, 0.6) is 0 Å². The monoisotopic (exact) mass is 751 g/mol. The summed E-state index contributed by atoms with van der Waals surface area (Å²) in [6.07, 6.45) is 5.77. The zero-order valence-corrected chi connectivity index (χ0v) is 32.1. The Bertz CT molecular complexity index is 3380. The average molecular weight is 752 g/mol. The molecule has 0 saturated carbocycles. The van der Waals surface area contributed by atoms with E-state index in [9.17, 15) is 0 Å². The summed E-state index contributed by atoms with van der Waals surface area (Å²) in [4.78, 5) is 5.88. The maximum atomic E-state index is 5.88. The number of nitrogens with zero attached hydrogens (tertiary/aromatic N) is 2. The molecule has 5 heterocycles. The van der Waals surface area contributed by atoms with E-state index in [-0.39, 0.29) is 6.04 Å². The second-order valence-corrected chi connectivity index (χ2v) is 17.7. The molecule has 0 spiro atoms. The Hall–Kier alpha value is -6.27. The number of thiophene rings is 2. The third-order valence-corrected chi connectivity index (χ3v) is 14.6. The summed E-state index contributed by atoms with van der Waals surface area (Å²) >= 11 is 3.72. The van der Waals surface area contributed by atoms with Gasteiger partial charge in [-0.15, -0.1) is 22.7 Å². The van der Waals surface area contributed by atoms with Crippen molar-refractivity contribution in [3.05, 3.63) is 162 Å². The van der Waals surface area contributed by atoms with E-state index < -0.39 is 0 Å². The molecule has 2 atom stereocenters. The Labute approximate surface area is 331 Å². The summed E-state index contributed by atoms with van der Waals surface area (Å²) in [5, 5.41) is 13.0. The van der Waals surface area contributed by atoms with Gasteiger partial charge in [-0.2, -0.15) is 0 Å². The Morgan fingerprint density at radius 1 is 0.625 bits per heavy atom. The fourth-order valence-electron chi connectivity index (χ4n) is 9.91. The predicted octanol–water partition coefficient (Wildman–Crippen LogP) is 15.0. The first-order valence-electron chi connectivity index (χ1n) is 19.5. The minimum Gasteiger partial charge on any atom is -0.361 e. The molecule has 0 bridgehead atoms. The van der Waals surface area contributed by atoms with Gasteiger partial charge in [0.15, 0.2) is 0 Å². The Morgan fingerprint density at radius 2 is 1.32 bits per heavy atom. The van der Waals surface area contributed by atoms with E-state index in [2.05, 4.69) is 168 Å². The molecule has 2 aliphatic heterocycles. The summed E-state index contributed by atoms with van der Waals surface area (Å²) in [6.45, 7) is 2.39. The lowest BCUT2D eigenvalue weighted by Crippen LogP contribution is -2.29. The van der Waals surface area contributed by atoms with E-state index >= 15 is 0 Å². The van der Waals surface area contributed by atoms with Crippen LogP contribution in [0.15, 0.2) is 151 Å². The molecular weight excluding hydrogens is 719 g/mol. The molecular formula is C51H33N3S2. The maximum absolute atomic E-state index is 5.88. The van der Waals surface area contributed by atoms with Crippen molar-refractivity contribution in [1.29, 1.82) is 0 Å². The molecule has 0 radical (unpaired) electrons. The lowest BCUT2D eigenvalue weighted by molar-refractivity contribution is 0.773. The largest absolute Gasteiger partial charge is 0.361 e. The molecule has 56 heavy (non-hydrogen) atoms. The maximum Gasteiger partial charge on any atom is 0.141 e. The summed E-state index contributed by atoms with van der Waals surface area (Å²) < 4.78 is 6.42. The normalized spacial score (nSPS) is 16.8. The van der Waals surface area contributed by atoms with Crippen LogP contribution in [0.2, 0.25) is 0 Å². The van der Waals surface area contributed by atoms with Crippen molar-refractivity contribution >= 4 is 97.2 Å². The lowest BCUT2D eigenvalue weighted by Gasteiger charge is -2.28. The van der Waals surface area contributed by atoms with Crippen LogP contribution in [-0.2, 0) is 0 Å². The van der Waals surface area contributed by atoms with Crippen molar-refractivity contribution in [2.75, 3.05) is 5.32 Å². The molecule has 1 aliphatic carbocycles. The zero-order chi connectivity index (χ0) is 36.6. The summed E-state index contributed by atoms with van der Waals surface area (Å²) in [5.74, 6) is 1.44. The van der Waals surface area contributed by atoms with Gasteiger partial charge in [-0.1, -0.05) is 116 Å². The molecule has 0 fully saturated rings. The lowest BCUT2D eigenvalue weighted by atomic mass is 9.86. The second kappa shape index (κ2) is 11.4. The third kappa shape index (κ3) is 4.19. The van der Waals surface area contributed by atoms with Crippen molar-refractivity contribution < 1.29 is 0 Å². The molecule has 3 aromatic heterocycles. The zero-order valence-electron chi connectivity index (χ0n) is 30.5. The number of aromatic nitrogens is 1. The Morgan fingerprint density at radius 3 is 2.14 bits per heavy atom. The highest BCUT2D eigenvalue weighted by Gasteiger charge is 2.38. The first kappa shape index (κ1) is 31.0. The van der Waals surface area contributed by atoms with E-state index in [1.807, 2.05) is 22.7 Å². The molecule has 0 saturated heterocycles. The van der Waals surface area contributed by atoms with Crippen molar-refractivity contribution in [1.82, 2.24) is 4.57 Å². The van der Waals surface area contributed by atoms with Crippen LogP contribution in [0, 0.1) is 0 Å². The molecule has 1 N–H and O–H groups in total. The molecule has 5 heteroatoms. The summed E-state index contributed by atoms with van der Waals surface area (Å²) in [5.41, 5.74) is 13.8. The van der Waals surface area contributed by atoms with Gasteiger partial charge < -0.3 is 5.32 Å². The standard InChI is InChI=1S/C51H33N3S2/c1-28-13-12-21-41-45(28)40-23-31-18-8-9-19-32(31)46-37-25-36-33-20-10-11-22-42(33)55-43(36)27-38(37)47-50(54(41)49(40)46)52-48-39-24-34(29-14-4-2-5-15-29)35(30-16-6-3-7-17-30)26-44(39)56-51(48)53-47/h2-12,14-28,47,53H,13H2,1H3/t28-,47?/m1/s1. The highest BCUT2D eigenvalue weighted by Crippen LogP contribution is 2.55. The number of anilines is 1. The van der Waals surface area contributed by atoms with Gasteiger partial charge in [0.05, 0.1) is 11.2 Å². The number of aliphatic imine (C=N–C) groups is 1. The number of fused-ring (bicyclic) bond motifs is 16. The quantitative estimate of drug-likeness (QED) is 0.187. The van der Waals surface area contributed by atoms with E-state index in [4.69, 9.17) is 4.99 Å². The summed E-state index contributed by atoms with van der Waals surface area (Å²) in [6, 6.07) is 51.6. The topological polar surface area (TPSA) is 29.3 Å². The van der Waals surface area contributed by atoms with Gasteiger partial charge in [-0.05, 0) is 105 Å². The minimum atomic E-state index is -0.154. The van der Waals surface area contributed by atoms with Crippen molar-refractivity contribution in [2.45, 2.75) is 25.3 Å². The van der Waals surface area contributed by atoms with Crippen LogP contribution >= 0.6 is 22.7 Å². The van der Waals surface area contributed by atoms with E-state index in [1.165, 1.54) is 102 Å². The minimum absolute atomic E-state index is 0.154. The highest BCUT2D eigenvalue weighted by atomic mass is 32.1. The average Bonchev–Trinajstić information content (AvgIpc) is 3.88. The van der Waals surface area contributed by atoms with E-state index in [0.717, 1.165) is 22.9 Å². The van der Waals surface area contributed by atoms with Gasteiger partial charge in [-0.3, -0.25) is 4.57 Å². The first-order chi connectivity index (χ1) is 27.7. The van der Waals surface area contributed by atoms with Crippen molar-refractivity contribution in [2.24, 2.45) is 4.99 Å². The van der Waals surface area contributed by atoms with Crippen LogP contribution in [0.3, 0.4) is 0 Å². The molecule has 13 rings (SSSR count). The van der Waals surface area contributed by atoms with E-state index in [0.29, 0.717) is 5.92 Å². The third-order valence-electron chi connectivity index (χ3n) is 12.4. The molecule has 3 nitrogen and oxygen atoms in total. The number of nitrogens with one attached hydrogen (secondary N) is 1. The van der Waals surface area contributed by atoms with Crippen molar-refractivity contribution in [3.8, 4) is 33.4 Å². The molecule has 7 aromatic carbocycles. The molecule has 10 aromatic rings. The molecule has 3 aliphatic rings. The predicted molar refractivity (Wildman–Crippen MR) is 241 cm³/mol. The second-order valence-electron chi connectivity index (χ2n) is 15.5. The van der Waals surface area contributed by atoms with Crippen LogP contribution in [0.1, 0.15) is 42.1 Å². The van der Waals surface area contributed by atoms with Crippen LogP contribution in [-0.4, -0.2) is 10.4 Å². The number of allylic oxidation sites excluding steroid dienone is 1. The van der Waals surface area contributed by atoms with E-state index in [1.54, 1.807) is 0 Å². The number of benzene rings is 7. The Kier molecular flexibility index (Phi) is 6.30. The van der Waals surface area contributed by atoms with Gasteiger partial charge in [0, 0.05) is 41.2 Å². The molecule has 264 valence electrons. The van der Waals surface area contributed by atoms with Gasteiger partial charge in [0.2, 0.25) is 0 Å². The highest BCUT2D eigenvalue weighted by molar-refractivity contribution is 7.26. The molecule has 0 amide bonds. The number of hydrogen-bond donors (Lipinski definition) is 1. The van der Waals surface area contributed by atoms with Gasteiger partial charge in [0.1, 0.15) is 22.6 Å². The fraction of sp³-hybridized carbons (Fsp3) is 0.0784.